The molecule has 0 aliphatic rings. The molecule has 0 atom stereocenters. The van der Waals surface area contributed by atoms with Crippen molar-refractivity contribution in [2.24, 2.45) is 5.73 Å². The zero-order valence-electron chi connectivity index (χ0n) is 5.45. The standard InChI is InChI=1S/C7H8N2O/c1-9-4-2-6(3-5-9)7(8)10/h2-5H,1H2,(H2,8,10)/q+1. The Bertz CT molecular complexity index is 240. The fourth-order valence-electron chi connectivity index (χ4n) is 0.622. The van der Waals surface area contributed by atoms with Crippen molar-refractivity contribution in [1.82, 2.24) is 0 Å². The minimum atomic E-state index is -0.416. The third-order valence-corrected chi connectivity index (χ3v) is 1.18. The molecule has 0 unspecified atom stereocenters. The molecule has 1 amide bonds. The maximum atomic E-state index is 10.5. The van der Waals surface area contributed by atoms with Gasteiger partial charge in [0.2, 0.25) is 13.0 Å². The molecule has 0 saturated heterocycles. The normalized spacial score (nSPS) is 9.30. The van der Waals surface area contributed by atoms with Crippen molar-refractivity contribution in [1.29, 1.82) is 0 Å². The Morgan fingerprint density at radius 2 is 2.00 bits per heavy atom. The van der Waals surface area contributed by atoms with Crippen LogP contribution < -0.4 is 10.3 Å². The van der Waals surface area contributed by atoms with E-state index in [0.29, 0.717) is 5.56 Å². The third-order valence-electron chi connectivity index (χ3n) is 1.18. The number of hydrogen-bond acceptors (Lipinski definition) is 1. The molecule has 1 heterocycles. The number of pyridine rings is 1. The average Bonchev–Trinajstić information content (AvgIpc) is 1.88. The highest BCUT2D eigenvalue weighted by Crippen LogP contribution is 1.91. The molecule has 0 aromatic carbocycles. The molecule has 3 heteroatoms. The van der Waals surface area contributed by atoms with Crippen molar-refractivity contribution < 1.29 is 9.36 Å². The first-order chi connectivity index (χ1) is 4.70. The lowest BCUT2D eigenvalue weighted by Gasteiger charge is -1.89. The number of nitrogens with two attached hydrogens (primary N) is 1. The van der Waals surface area contributed by atoms with E-state index in [9.17, 15) is 4.79 Å². The summed E-state index contributed by atoms with van der Waals surface area (Å²) in [6.07, 6.45) is 3.33. The van der Waals surface area contributed by atoms with Gasteiger partial charge in [0.1, 0.15) is 0 Å². The van der Waals surface area contributed by atoms with Crippen molar-refractivity contribution in [3.63, 3.8) is 0 Å². The van der Waals surface area contributed by atoms with Crippen LogP contribution in [0.5, 0.6) is 0 Å². The number of primary amides is 1. The molecule has 1 radical (unpaired) electrons. The summed E-state index contributed by atoms with van der Waals surface area (Å²) in [6.45, 7) is 0. The third kappa shape index (κ3) is 1.31. The van der Waals surface area contributed by atoms with Gasteiger partial charge in [-0.3, -0.25) is 4.79 Å². The monoisotopic (exact) mass is 136 g/mol. The number of carbonyl (C=O) groups excluding carboxylic acids is 1. The largest absolute Gasteiger partial charge is 0.366 e. The van der Waals surface area contributed by atoms with Gasteiger partial charge in [-0.2, -0.15) is 4.57 Å². The minimum Gasteiger partial charge on any atom is -0.366 e. The second kappa shape index (κ2) is 2.47. The summed E-state index contributed by atoms with van der Waals surface area (Å²) in [4.78, 5) is 10.5. The molecule has 0 aliphatic heterocycles. The van der Waals surface area contributed by atoms with Gasteiger partial charge in [0.05, 0.1) is 5.56 Å². The summed E-state index contributed by atoms with van der Waals surface area (Å²) in [6, 6.07) is 3.24. The smallest absolute Gasteiger partial charge is 0.249 e. The Morgan fingerprint density at radius 3 is 2.40 bits per heavy atom. The molecule has 1 aromatic rings. The molecule has 2 N–H and O–H groups in total. The molecule has 3 nitrogen and oxygen atoms in total. The first-order valence-corrected chi connectivity index (χ1v) is 2.82. The molecule has 0 saturated carbocycles. The molecule has 0 bridgehead atoms. The second-order valence-corrected chi connectivity index (χ2v) is 1.97. The lowest BCUT2D eigenvalue weighted by Crippen LogP contribution is -2.24. The van der Waals surface area contributed by atoms with E-state index in [2.05, 4.69) is 7.05 Å². The van der Waals surface area contributed by atoms with E-state index in [4.69, 9.17) is 5.73 Å². The van der Waals surface area contributed by atoms with E-state index in [1.165, 1.54) is 0 Å². The van der Waals surface area contributed by atoms with Crippen LogP contribution in [0.3, 0.4) is 0 Å². The van der Waals surface area contributed by atoms with Crippen LogP contribution in [0.25, 0.3) is 0 Å². The number of nitrogens with zero attached hydrogens (tertiary/aromatic N) is 1. The number of amides is 1. The van der Waals surface area contributed by atoms with Crippen LogP contribution >= 0.6 is 0 Å². The van der Waals surface area contributed by atoms with Gasteiger partial charge in [-0.05, 0) is 0 Å². The lowest BCUT2D eigenvalue weighted by molar-refractivity contribution is -0.612. The molecular weight excluding hydrogens is 128 g/mol. The first kappa shape index (κ1) is 6.74. The van der Waals surface area contributed by atoms with Crippen LogP contribution in [0.4, 0.5) is 0 Å². The predicted molar refractivity (Wildman–Crippen MR) is 35.9 cm³/mol. The van der Waals surface area contributed by atoms with Gasteiger partial charge in [-0.1, -0.05) is 0 Å². The van der Waals surface area contributed by atoms with Crippen LogP contribution in [0.2, 0.25) is 0 Å². The van der Waals surface area contributed by atoms with E-state index < -0.39 is 5.91 Å². The van der Waals surface area contributed by atoms with Gasteiger partial charge < -0.3 is 5.73 Å². The predicted octanol–water partition coefficient (Wildman–Crippen LogP) is -0.287. The molecule has 1 rings (SSSR count). The zero-order chi connectivity index (χ0) is 7.56. The summed E-state index contributed by atoms with van der Waals surface area (Å²) in [7, 11) is 3.59. The van der Waals surface area contributed by atoms with Crippen molar-refractivity contribution in [3.8, 4) is 0 Å². The topological polar surface area (TPSA) is 47.0 Å². The summed E-state index contributed by atoms with van der Waals surface area (Å²) in [5.74, 6) is -0.416. The van der Waals surface area contributed by atoms with Gasteiger partial charge in [0.15, 0.2) is 12.4 Å². The highest BCUT2D eigenvalue weighted by atomic mass is 16.1. The summed E-state index contributed by atoms with van der Waals surface area (Å²) in [5, 5.41) is 0. The number of rotatable bonds is 1. The van der Waals surface area contributed by atoms with Crippen LogP contribution in [0, 0.1) is 7.05 Å². The SMILES string of the molecule is [CH2][n+]1ccc(C(N)=O)cc1. The quantitative estimate of drug-likeness (QED) is 0.530. The zero-order valence-corrected chi connectivity index (χ0v) is 5.45. The van der Waals surface area contributed by atoms with Crippen LogP contribution in [0.15, 0.2) is 24.5 Å². The van der Waals surface area contributed by atoms with Gasteiger partial charge in [-0.25, -0.2) is 0 Å². The summed E-state index contributed by atoms with van der Waals surface area (Å²) < 4.78 is 1.59. The summed E-state index contributed by atoms with van der Waals surface area (Å²) >= 11 is 0. The number of carbonyl (C=O) groups is 1. The molecule has 0 spiro atoms. The van der Waals surface area contributed by atoms with Crippen molar-refractivity contribution >= 4 is 5.91 Å². The van der Waals surface area contributed by atoms with E-state index in [1.54, 1.807) is 29.1 Å². The molecule has 51 valence electrons. The Kier molecular flexibility index (Phi) is 1.67. The number of aromatic nitrogens is 1. The Labute approximate surface area is 59.1 Å². The fourth-order valence-corrected chi connectivity index (χ4v) is 0.622. The van der Waals surface area contributed by atoms with Gasteiger partial charge in [0.25, 0.3) is 0 Å². The molecule has 0 fully saturated rings. The molecule has 0 aliphatic carbocycles. The van der Waals surface area contributed by atoms with Crippen LogP contribution in [-0.4, -0.2) is 5.91 Å². The van der Waals surface area contributed by atoms with Gasteiger partial charge in [0, 0.05) is 12.1 Å². The fraction of sp³-hybridized carbons (Fsp3) is 0. The Hall–Kier alpha value is -1.38. The van der Waals surface area contributed by atoms with E-state index in [1.807, 2.05) is 0 Å². The van der Waals surface area contributed by atoms with Crippen LogP contribution in [0.1, 0.15) is 10.4 Å². The van der Waals surface area contributed by atoms with Gasteiger partial charge in [-0.15, -0.1) is 0 Å². The minimum absolute atomic E-state index is 0.416. The lowest BCUT2D eigenvalue weighted by atomic mass is 10.2. The first-order valence-electron chi connectivity index (χ1n) is 2.82. The Morgan fingerprint density at radius 1 is 1.50 bits per heavy atom. The summed E-state index contributed by atoms with van der Waals surface area (Å²) in [5.41, 5.74) is 5.50. The maximum absolute atomic E-state index is 10.5. The number of hydrogen-bond donors (Lipinski definition) is 1. The molecular formula is C7H8N2O+. The highest BCUT2D eigenvalue weighted by molar-refractivity contribution is 5.92. The highest BCUT2D eigenvalue weighted by Gasteiger charge is 1.99. The molecule has 1 aromatic heterocycles. The van der Waals surface area contributed by atoms with E-state index in [0.717, 1.165) is 0 Å². The molecule has 10 heavy (non-hydrogen) atoms. The van der Waals surface area contributed by atoms with Crippen molar-refractivity contribution in [2.75, 3.05) is 0 Å². The average molecular weight is 136 g/mol. The van der Waals surface area contributed by atoms with E-state index in [-0.39, 0.29) is 0 Å². The van der Waals surface area contributed by atoms with Gasteiger partial charge >= 0.3 is 0 Å². The van der Waals surface area contributed by atoms with Crippen molar-refractivity contribution in [2.45, 2.75) is 0 Å². The Balaban J connectivity index is 3.00. The van der Waals surface area contributed by atoms with Crippen molar-refractivity contribution in [3.05, 3.63) is 37.1 Å². The second-order valence-electron chi connectivity index (χ2n) is 1.97. The maximum Gasteiger partial charge on any atom is 0.249 e. The van der Waals surface area contributed by atoms with E-state index >= 15 is 0 Å². The van der Waals surface area contributed by atoms with Crippen LogP contribution in [-0.2, 0) is 0 Å².